The van der Waals surface area contributed by atoms with Crippen molar-refractivity contribution < 1.29 is 18.0 Å². The quantitative estimate of drug-likeness (QED) is 0.323. The van der Waals surface area contributed by atoms with Crippen molar-refractivity contribution in [1.82, 2.24) is 25.0 Å². The molecule has 3 rings (SSSR count). The lowest BCUT2D eigenvalue weighted by Crippen LogP contribution is -2.52. The van der Waals surface area contributed by atoms with Crippen LogP contribution in [0, 0.1) is 6.92 Å². The number of rotatable bonds is 7. The van der Waals surface area contributed by atoms with Crippen LogP contribution in [0.15, 0.2) is 41.6 Å². The Kier molecular flexibility index (Phi) is 7.75. The number of nitrogens with one attached hydrogen (secondary N) is 2. The molecule has 0 bridgehead atoms. The van der Waals surface area contributed by atoms with Crippen molar-refractivity contribution in [1.29, 1.82) is 0 Å². The van der Waals surface area contributed by atoms with Crippen LogP contribution in [0.4, 0.5) is 4.79 Å². The third-order valence-electron chi connectivity index (χ3n) is 5.37. The topological polar surface area (TPSA) is 147 Å². The number of sulfonamides is 1. The predicted octanol–water partition coefficient (Wildman–Crippen LogP) is 1.66. The van der Waals surface area contributed by atoms with Crippen LogP contribution < -0.4 is 15.9 Å². The average molecular weight is 461 g/mol. The van der Waals surface area contributed by atoms with Crippen molar-refractivity contribution in [3.63, 3.8) is 0 Å². The Bertz CT molecular complexity index is 1030. The van der Waals surface area contributed by atoms with Crippen molar-refractivity contribution in [3.05, 3.63) is 53.6 Å². The van der Waals surface area contributed by atoms with Gasteiger partial charge in [0.15, 0.2) is 0 Å². The molecule has 4 N–H and O–H groups in total. The predicted molar refractivity (Wildman–Crippen MR) is 118 cm³/mol. The molecule has 0 spiro atoms. The zero-order chi connectivity index (χ0) is 23.1. The van der Waals surface area contributed by atoms with Crippen molar-refractivity contribution in [2.75, 3.05) is 6.54 Å². The minimum absolute atomic E-state index is 0.0365. The highest BCUT2D eigenvalue weighted by Crippen LogP contribution is 2.21. The Labute approximate surface area is 187 Å². The van der Waals surface area contributed by atoms with Gasteiger partial charge in [-0.1, -0.05) is 31.4 Å². The first-order valence-corrected chi connectivity index (χ1v) is 12.0. The highest BCUT2D eigenvalue weighted by atomic mass is 32.2. The fourth-order valence-corrected chi connectivity index (χ4v) is 4.46. The highest BCUT2D eigenvalue weighted by Gasteiger charge is 2.26. The van der Waals surface area contributed by atoms with Gasteiger partial charge in [-0.3, -0.25) is 14.8 Å². The van der Waals surface area contributed by atoms with Gasteiger partial charge in [-0.05, 0) is 43.9 Å². The number of benzene rings is 1. The number of nitrogens with zero attached hydrogens (tertiary/aromatic N) is 3. The summed E-state index contributed by atoms with van der Waals surface area (Å²) in [6.45, 7) is 2.13. The van der Waals surface area contributed by atoms with Gasteiger partial charge in [0.25, 0.3) is 15.9 Å². The van der Waals surface area contributed by atoms with Gasteiger partial charge >= 0.3 is 6.03 Å². The molecule has 2 aromatic rings. The first-order chi connectivity index (χ1) is 15.3. The summed E-state index contributed by atoms with van der Waals surface area (Å²) in [6, 6.07) is 5.13. The third kappa shape index (κ3) is 6.24. The third-order valence-corrected chi connectivity index (χ3v) is 6.71. The molecule has 0 atom stereocenters. The van der Waals surface area contributed by atoms with Gasteiger partial charge in [-0.2, -0.15) is 0 Å². The van der Waals surface area contributed by atoms with Gasteiger partial charge in [0, 0.05) is 18.8 Å². The number of aromatic nitrogens is 2. The molecule has 0 unspecified atom stereocenters. The highest BCUT2D eigenvalue weighted by molar-refractivity contribution is 7.90. The summed E-state index contributed by atoms with van der Waals surface area (Å²) in [5.74, 6) is 5.51. The number of hydrogen-bond donors (Lipinski definition) is 3. The normalized spacial score (nSPS) is 14.6. The van der Waals surface area contributed by atoms with E-state index in [-0.39, 0.29) is 22.5 Å². The SMILES string of the molecule is Cc1cnc(C(=O)NCCc2ccc(S(=O)(=O)NC(=O)N(N)C3CCCCC3)cc2)cn1. The molecule has 3 amide bonds. The molecule has 1 aromatic heterocycles. The fraction of sp³-hybridized carbons (Fsp3) is 0.429. The van der Waals surface area contributed by atoms with Crippen LogP contribution in [-0.2, 0) is 16.4 Å². The maximum Gasteiger partial charge on any atom is 0.345 e. The summed E-state index contributed by atoms with van der Waals surface area (Å²) < 4.78 is 27.1. The summed E-state index contributed by atoms with van der Waals surface area (Å²) in [6.07, 6.45) is 8.01. The number of carbonyl (C=O) groups excluding carboxylic acids is 2. The lowest BCUT2D eigenvalue weighted by atomic mass is 9.95. The molecule has 1 aromatic carbocycles. The molecule has 0 saturated heterocycles. The van der Waals surface area contributed by atoms with Gasteiger partial charge in [0.2, 0.25) is 0 Å². The number of amides is 3. The summed E-state index contributed by atoms with van der Waals surface area (Å²) in [5.41, 5.74) is 1.78. The molecule has 32 heavy (non-hydrogen) atoms. The molecule has 11 heteroatoms. The first-order valence-electron chi connectivity index (χ1n) is 10.5. The molecule has 0 aliphatic heterocycles. The Morgan fingerprint density at radius 1 is 1.09 bits per heavy atom. The largest absolute Gasteiger partial charge is 0.350 e. The van der Waals surface area contributed by atoms with Crippen molar-refractivity contribution in [3.8, 4) is 0 Å². The van der Waals surface area contributed by atoms with E-state index in [0.717, 1.165) is 48.4 Å². The number of urea groups is 1. The second-order valence-electron chi connectivity index (χ2n) is 7.80. The molecule has 10 nitrogen and oxygen atoms in total. The van der Waals surface area contributed by atoms with Crippen LogP contribution >= 0.6 is 0 Å². The molecule has 1 aliphatic rings. The van der Waals surface area contributed by atoms with Gasteiger partial charge in [0.1, 0.15) is 5.69 Å². The zero-order valence-electron chi connectivity index (χ0n) is 18.0. The van der Waals surface area contributed by atoms with E-state index >= 15 is 0 Å². The second kappa shape index (κ2) is 10.5. The van der Waals surface area contributed by atoms with Crippen LogP contribution in [0.3, 0.4) is 0 Å². The van der Waals surface area contributed by atoms with Crippen LogP contribution in [0.5, 0.6) is 0 Å². The Morgan fingerprint density at radius 3 is 2.41 bits per heavy atom. The van der Waals surface area contributed by atoms with Crippen molar-refractivity contribution >= 4 is 22.0 Å². The molecule has 172 valence electrons. The summed E-state index contributed by atoms with van der Waals surface area (Å²) in [7, 11) is -4.04. The molecule has 1 fully saturated rings. The summed E-state index contributed by atoms with van der Waals surface area (Å²) in [5, 5.41) is 3.74. The van der Waals surface area contributed by atoms with E-state index in [0.29, 0.717) is 13.0 Å². The molecule has 1 heterocycles. The van der Waals surface area contributed by atoms with E-state index < -0.39 is 16.1 Å². The van der Waals surface area contributed by atoms with Crippen LogP contribution in [0.25, 0.3) is 0 Å². The van der Waals surface area contributed by atoms with Gasteiger partial charge in [0.05, 0.1) is 16.8 Å². The van der Waals surface area contributed by atoms with Crippen LogP contribution in [-0.4, -0.2) is 47.9 Å². The van der Waals surface area contributed by atoms with Crippen molar-refractivity contribution in [2.24, 2.45) is 5.84 Å². The molecular weight excluding hydrogens is 432 g/mol. The minimum Gasteiger partial charge on any atom is -0.350 e. The number of carbonyl (C=O) groups is 2. The standard InChI is InChI=1S/C21H28N6O4S/c1-15-13-25-19(14-24-15)20(28)23-12-11-16-7-9-18(10-8-16)32(30,31)26-21(29)27(22)17-5-3-2-4-6-17/h7-10,13-14,17H,2-6,11-12,22H2,1H3,(H,23,28)(H,26,29). The van der Waals surface area contributed by atoms with Gasteiger partial charge in [-0.15, -0.1) is 0 Å². The van der Waals surface area contributed by atoms with Crippen LogP contribution in [0.2, 0.25) is 0 Å². The maximum atomic E-state index is 12.5. The summed E-state index contributed by atoms with van der Waals surface area (Å²) in [4.78, 5) is 32.4. The molecule has 0 radical (unpaired) electrons. The summed E-state index contributed by atoms with van der Waals surface area (Å²) >= 11 is 0. The minimum atomic E-state index is -4.04. The van der Waals surface area contributed by atoms with E-state index in [2.05, 4.69) is 15.3 Å². The first kappa shape index (κ1) is 23.6. The fourth-order valence-electron chi connectivity index (χ4n) is 3.51. The monoisotopic (exact) mass is 460 g/mol. The molecule has 1 saturated carbocycles. The lowest BCUT2D eigenvalue weighted by molar-refractivity contribution is 0.0948. The van der Waals surface area contributed by atoms with E-state index in [1.54, 1.807) is 19.1 Å². The van der Waals surface area contributed by atoms with Gasteiger partial charge < -0.3 is 5.32 Å². The number of aryl methyl sites for hydroxylation is 1. The Hall–Kier alpha value is -3.05. The van der Waals surface area contributed by atoms with E-state index in [1.165, 1.54) is 24.5 Å². The lowest BCUT2D eigenvalue weighted by Gasteiger charge is -2.30. The Balaban J connectivity index is 1.51. The average Bonchev–Trinajstić information content (AvgIpc) is 2.79. The van der Waals surface area contributed by atoms with E-state index in [9.17, 15) is 18.0 Å². The maximum absolute atomic E-state index is 12.5. The molecule has 1 aliphatic carbocycles. The van der Waals surface area contributed by atoms with E-state index in [4.69, 9.17) is 5.84 Å². The van der Waals surface area contributed by atoms with Gasteiger partial charge in [-0.25, -0.2) is 28.8 Å². The number of hydrogen-bond acceptors (Lipinski definition) is 7. The Morgan fingerprint density at radius 2 is 1.78 bits per heavy atom. The molecular formula is C21H28N6O4S. The van der Waals surface area contributed by atoms with Crippen molar-refractivity contribution in [2.45, 2.75) is 56.4 Å². The van der Waals surface area contributed by atoms with E-state index in [1.807, 2.05) is 4.72 Å². The number of nitrogens with two attached hydrogens (primary N) is 1. The number of hydrazine groups is 1. The van der Waals surface area contributed by atoms with Crippen LogP contribution in [0.1, 0.15) is 53.8 Å². The smallest absolute Gasteiger partial charge is 0.345 e. The second-order valence-corrected chi connectivity index (χ2v) is 9.49. The zero-order valence-corrected chi connectivity index (χ0v) is 18.8.